The largest absolute Gasteiger partial charge is 0.462 e. The van der Waals surface area contributed by atoms with E-state index >= 15 is 0 Å². The van der Waals surface area contributed by atoms with Crippen molar-refractivity contribution >= 4 is 23.3 Å². The van der Waals surface area contributed by atoms with Crippen LogP contribution in [0.3, 0.4) is 0 Å². The average molecular weight is 269 g/mol. The summed E-state index contributed by atoms with van der Waals surface area (Å²) >= 11 is 5.93. The first-order chi connectivity index (χ1) is 8.72. The second-order valence-electron chi connectivity index (χ2n) is 4.29. The molecular formula is C13H17ClN2O2. The topological polar surface area (TPSA) is 42.4 Å². The lowest BCUT2D eigenvalue weighted by atomic mass is 10.1. The number of aromatic nitrogens is 1. The molecule has 0 N–H and O–H groups in total. The molecule has 0 bridgehead atoms. The Morgan fingerprint density at radius 2 is 2.17 bits per heavy atom. The van der Waals surface area contributed by atoms with Crippen molar-refractivity contribution in [2.75, 3.05) is 24.6 Å². The fourth-order valence-corrected chi connectivity index (χ4v) is 2.33. The van der Waals surface area contributed by atoms with Crippen LogP contribution in [0.4, 0.5) is 5.69 Å². The molecule has 0 unspecified atom stereocenters. The highest BCUT2D eigenvalue weighted by atomic mass is 35.5. The highest BCUT2D eigenvalue weighted by Gasteiger charge is 2.20. The summed E-state index contributed by atoms with van der Waals surface area (Å²) in [5, 5.41) is 0.406. The Bertz CT molecular complexity index is 431. The summed E-state index contributed by atoms with van der Waals surface area (Å²) in [5.41, 5.74) is 1.34. The molecule has 2 heterocycles. The van der Waals surface area contributed by atoms with E-state index in [-0.39, 0.29) is 5.97 Å². The summed E-state index contributed by atoms with van der Waals surface area (Å²) < 4.78 is 5.05. The van der Waals surface area contributed by atoms with Crippen molar-refractivity contribution in [1.29, 1.82) is 0 Å². The number of piperidine rings is 1. The van der Waals surface area contributed by atoms with Gasteiger partial charge in [-0.05, 0) is 32.3 Å². The summed E-state index contributed by atoms with van der Waals surface area (Å²) in [7, 11) is 0. The zero-order valence-electron chi connectivity index (χ0n) is 10.5. The molecule has 1 saturated heterocycles. The third-order valence-corrected chi connectivity index (χ3v) is 3.25. The van der Waals surface area contributed by atoms with E-state index in [1.807, 2.05) is 0 Å². The number of nitrogens with zero attached hydrogens (tertiary/aromatic N) is 2. The predicted molar refractivity (Wildman–Crippen MR) is 71.3 cm³/mol. The van der Waals surface area contributed by atoms with Gasteiger partial charge in [-0.15, -0.1) is 0 Å². The van der Waals surface area contributed by atoms with E-state index in [1.54, 1.807) is 13.0 Å². The van der Waals surface area contributed by atoms with Gasteiger partial charge in [0.25, 0.3) is 0 Å². The minimum atomic E-state index is -0.331. The summed E-state index contributed by atoms with van der Waals surface area (Å²) in [5.74, 6) is -0.331. The number of pyridine rings is 1. The van der Waals surface area contributed by atoms with E-state index < -0.39 is 0 Å². The molecule has 98 valence electrons. The molecule has 0 atom stereocenters. The smallest absolute Gasteiger partial charge is 0.341 e. The normalized spacial score (nSPS) is 15.6. The van der Waals surface area contributed by atoms with Gasteiger partial charge in [-0.1, -0.05) is 11.6 Å². The third kappa shape index (κ3) is 2.93. The van der Waals surface area contributed by atoms with Gasteiger partial charge in [-0.3, -0.25) is 0 Å². The first kappa shape index (κ1) is 13.1. The van der Waals surface area contributed by atoms with Crippen molar-refractivity contribution in [2.45, 2.75) is 26.2 Å². The van der Waals surface area contributed by atoms with Crippen LogP contribution in [0.5, 0.6) is 0 Å². The number of hydrogen-bond acceptors (Lipinski definition) is 4. The van der Waals surface area contributed by atoms with E-state index in [2.05, 4.69) is 9.88 Å². The summed E-state index contributed by atoms with van der Waals surface area (Å²) in [6, 6.07) is 1.75. The molecule has 1 aromatic heterocycles. The minimum Gasteiger partial charge on any atom is -0.462 e. The number of esters is 1. The molecule has 2 rings (SSSR count). The zero-order chi connectivity index (χ0) is 13.0. The van der Waals surface area contributed by atoms with Crippen molar-refractivity contribution in [2.24, 2.45) is 0 Å². The van der Waals surface area contributed by atoms with Crippen LogP contribution in [0, 0.1) is 0 Å². The monoisotopic (exact) mass is 268 g/mol. The van der Waals surface area contributed by atoms with Crippen molar-refractivity contribution in [1.82, 2.24) is 4.98 Å². The molecule has 0 saturated carbocycles. The second kappa shape index (κ2) is 6.05. The van der Waals surface area contributed by atoms with Gasteiger partial charge in [0.2, 0.25) is 0 Å². The molecule has 18 heavy (non-hydrogen) atoms. The van der Waals surface area contributed by atoms with Crippen molar-refractivity contribution in [3.63, 3.8) is 0 Å². The summed E-state index contributed by atoms with van der Waals surface area (Å²) in [6.45, 7) is 4.06. The van der Waals surface area contributed by atoms with E-state index in [1.165, 1.54) is 12.6 Å². The van der Waals surface area contributed by atoms with Crippen LogP contribution >= 0.6 is 11.6 Å². The maximum atomic E-state index is 11.9. The standard InChI is InChI=1S/C13H17ClN2O2/c1-2-18-13(17)10-9-15-12(14)8-11(10)16-6-4-3-5-7-16/h8-9H,2-7H2,1H3. The number of ether oxygens (including phenoxy) is 1. The Labute approximate surface area is 112 Å². The summed E-state index contributed by atoms with van der Waals surface area (Å²) in [6.07, 6.45) is 5.03. The lowest BCUT2D eigenvalue weighted by molar-refractivity contribution is 0.0526. The molecule has 0 spiro atoms. The highest BCUT2D eigenvalue weighted by Crippen LogP contribution is 2.26. The average Bonchev–Trinajstić information content (AvgIpc) is 2.40. The molecule has 1 aliphatic rings. The highest BCUT2D eigenvalue weighted by molar-refractivity contribution is 6.29. The quantitative estimate of drug-likeness (QED) is 0.624. The van der Waals surface area contributed by atoms with Gasteiger partial charge in [-0.2, -0.15) is 0 Å². The molecule has 0 amide bonds. The van der Waals surface area contributed by atoms with Gasteiger partial charge in [0.05, 0.1) is 12.3 Å². The summed E-state index contributed by atoms with van der Waals surface area (Å²) in [4.78, 5) is 18.0. The molecular weight excluding hydrogens is 252 g/mol. The Balaban J connectivity index is 2.30. The third-order valence-electron chi connectivity index (χ3n) is 3.04. The van der Waals surface area contributed by atoms with Crippen LogP contribution in [0.15, 0.2) is 12.3 Å². The second-order valence-corrected chi connectivity index (χ2v) is 4.68. The van der Waals surface area contributed by atoms with Gasteiger partial charge in [0.15, 0.2) is 0 Å². The van der Waals surface area contributed by atoms with Gasteiger partial charge in [0.1, 0.15) is 10.7 Å². The van der Waals surface area contributed by atoms with Crippen molar-refractivity contribution in [3.8, 4) is 0 Å². The SMILES string of the molecule is CCOC(=O)c1cnc(Cl)cc1N1CCCCC1. The number of anilines is 1. The maximum absolute atomic E-state index is 11.9. The fourth-order valence-electron chi connectivity index (χ4n) is 2.18. The Kier molecular flexibility index (Phi) is 4.42. The van der Waals surface area contributed by atoms with Crippen LogP contribution in [0.1, 0.15) is 36.5 Å². The number of halogens is 1. The first-order valence-corrected chi connectivity index (χ1v) is 6.67. The molecule has 0 aromatic carbocycles. The number of hydrogen-bond donors (Lipinski definition) is 0. The van der Waals surface area contributed by atoms with Crippen LogP contribution in [-0.4, -0.2) is 30.6 Å². The Morgan fingerprint density at radius 3 is 2.83 bits per heavy atom. The zero-order valence-corrected chi connectivity index (χ0v) is 11.2. The van der Waals surface area contributed by atoms with Crippen molar-refractivity contribution < 1.29 is 9.53 Å². The van der Waals surface area contributed by atoms with Gasteiger partial charge in [0, 0.05) is 19.3 Å². The van der Waals surface area contributed by atoms with Crippen LogP contribution in [0.25, 0.3) is 0 Å². The van der Waals surface area contributed by atoms with Gasteiger partial charge < -0.3 is 9.64 Å². The number of carbonyl (C=O) groups excluding carboxylic acids is 1. The number of carbonyl (C=O) groups is 1. The molecule has 5 heteroatoms. The van der Waals surface area contributed by atoms with E-state index in [0.717, 1.165) is 31.6 Å². The van der Waals surface area contributed by atoms with Gasteiger partial charge in [-0.25, -0.2) is 9.78 Å². The first-order valence-electron chi connectivity index (χ1n) is 6.30. The maximum Gasteiger partial charge on any atom is 0.341 e. The van der Waals surface area contributed by atoms with E-state index in [0.29, 0.717) is 17.3 Å². The van der Waals surface area contributed by atoms with Crippen LogP contribution in [0.2, 0.25) is 5.15 Å². The van der Waals surface area contributed by atoms with Crippen LogP contribution in [-0.2, 0) is 4.74 Å². The lowest BCUT2D eigenvalue weighted by Crippen LogP contribution is -2.31. The molecule has 0 aliphatic carbocycles. The lowest BCUT2D eigenvalue weighted by Gasteiger charge is -2.30. The van der Waals surface area contributed by atoms with E-state index in [9.17, 15) is 4.79 Å². The molecule has 1 aromatic rings. The fraction of sp³-hybridized carbons (Fsp3) is 0.538. The molecule has 1 fully saturated rings. The molecule has 1 aliphatic heterocycles. The van der Waals surface area contributed by atoms with E-state index in [4.69, 9.17) is 16.3 Å². The van der Waals surface area contributed by atoms with Gasteiger partial charge >= 0.3 is 5.97 Å². The van der Waals surface area contributed by atoms with Crippen LogP contribution < -0.4 is 4.90 Å². The minimum absolute atomic E-state index is 0.331. The molecule has 0 radical (unpaired) electrons. The Hall–Kier alpha value is -1.29. The number of rotatable bonds is 3. The molecule has 4 nitrogen and oxygen atoms in total. The van der Waals surface area contributed by atoms with Crippen molar-refractivity contribution in [3.05, 3.63) is 23.0 Å². The predicted octanol–water partition coefficient (Wildman–Crippen LogP) is 2.90. The Morgan fingerprint density at radius 1 is 1.44 bits per heavy atom.